The lowest BCUT2D eigenvalue weighted by atomic mass is 9.75. The second-order valence-corrected chi connectivity index (χ2v) is 9.28. The van der Waals surface area contributed by atoms with Crippen LogP contribution in [0.3, 0.4) is 0 Å². The topological polar surface area (TPSA) is 69.3 Å². The molecular weight excluding hydrogens is 350 g/mol. The van der Waals surface area contributed by atoms with Crippen molar-refractivity contribution in [3.8, 4) is 0 Å². The van der Waals surface area contributed by atoms with Gasteiger partial charge >= 0.3 is 0 Å². The fourth-order valence-corrected chi connectivity index (χ4v) is 5.64. The minimum atomic E-state index is -0.580. The van der Waals surface area contributed by atoms with Gasteiger partial charge in [0.2, 0.25) is 0 Å². The molecule has 5 nitrogen and oxygen atoms in total. The molecule has 154 valence electrons. The van der Waals surface area contributed by atoms with Gasteiger partial charge in [0.1, 0.15) is 11.3 Å². The van der Waals surface area contributed by atoms with E-state index in [2.05, 4.69) is 5.32 Å². The van der Waals surface area contributed by atoms with E-state index in [0.717, 1.165) is 30.9 Å². The molecule has 0 unspecified atom stereocenters. The maximum absolute atomic E-state index is 13.6. The van der Waals surface area contributed by atoms with Gasteiger partial charge in [0, 0.05) is 0 Å². The molecule has 1 aromatic heterocycles. The second kappa shape index (κ2) is 8.71. The molecule has 2 saturated carbocycles. The molecule has 28 heavy (non-hydrogen) atoms. The van der Waals surface area contributed by atoms with Crippen LogP contribution in [-0.2, 0) is 11.3 Å². The highest BCUT2D eigenvalue weighted by molar-refractivity contribution is 6.07. The SMILES string of the molecule is N=C1N[C@](CCC2CCCCC2)(CC2CCCCC2)C(=O)N1Cc1ccco1. The molecule has 2 aliphatic carbocycles. The van der Waals surface area contributed by atoms with Gasteiger partial charge in [0.15, 0.2) is 5.96 Å². The summed E-state index contributed by atoms with van der Waals surface area (Å²) in [6, 6.07) is 3.72. The molecule has 1 amide bonds. The number of carbonyl (C=O) groups excluding carboxylic acids is 1. The van der Waals surface area contributed by atoms with Gasteiger partial charge in [-0.1, -0.05) is 64.2 Å². The number of amides is 1. The Labute approximate surface area is 168 Å². The van der Waals surface area contributed by atoms with Gasteiger partial charge in [-0.05, 0) is 43.2 Å². The zero-order chi connectivity index (χ0) is 19.4. The van der Waals surface area contributed by atoms with Gasteiger partial charge in [-0.2, -0.15) is 0 Å². The summed E-state index contributed by atoms with van der Waals surface area (Å²) in [4.78, 5) is 15.2. The van der Waals surface area contributed by atoms with Crippen molar-refractivity contribution in [1.82, 2.24) is 10.2 Å². The summed E-state index contributed by atoms with van der Waals surface area (Å²) >= 11 is 0. The highest BCUT2D eigenvalue weighted by Gasteiger charge is 2.50. The third-order valence-electron chi connectivity index (χ3n) is 7.24. The molecule has 1 aromatic rings. The summed E-state index contributed by atoms with van der Waals surface area (Å²) in [5.74, 6) is 2.43. The van der Waals surface area contributed by atoms with E-state index in [0.29, 0.717) is 12.5 Å². The maximum Gasteiger partial charge on any atom is 0.255 e. The number of nitrogens with one attached hydrogen (secondary N) is 2. The van der Waals surface area contributed by atoms with E-state index in [1.54, 1.807) is 11.2 Å². The molecular formula is C23H35N3O2. The van der Waals surface area contributed by atoms with Crippen LogP contribution in [0.4, 0.5) is 0 Å². The lowest BCUT2D eigenvalue weighted by molar-refractivity contribution is -0.132. The van der Waals surface area contributed by atoms with E-state index in [9.17, 15) is 4.79 Å². The van der Waals surface area contributed by atoms with E-state index in [1.807, 2.05) is 12.1 Å². The molecule has 5 heteroatoms. The fourth-order valence-electron chi connectivity index (χ4n) is 5.64. The smallest absolute Gasteiger partial charge is 0.255 e. The summed E-state index contributed by atoms with van der Waals surface area (Å²) < 4.78 is 5.45. The molecule has 4 rings (SSSR count). The first-order valence-electron chi connectivity index (χ1n) is 11.4. The Balaban J connectivity index is 1.49. The van der Waals surface area contributed by atoms with Crippen molar-refractivity contribution in [2.75, 3.05) is 0 Å². The summed E-state index contributed by atoms with van der Waals surface area (Å²) in [6.07, 6.45) is 17.5. The summed E-state index contributed by atoms with van der Waals surface area (Å²) in [6.45, 7) is 0.355. The first-order chi connectivity index (χ1) is 13.7. The minimum Gasteiger partial charge on any atom is -0.467 e. The van der Waals surface area contributed by atoms with Crippen LogP contribution >= 0.6 is 0 Å². The van der Waals surface area contributed by atoms with Crippen LogP contribution in [0, 0.1) is 17.2 Å². The first kappa shape index (κ1) is 19.5. The Kier molecular flexibility index (Phi) is 6.07. The van der Waals surface area contributed by atoms with Gasteiger partial charge in [-0.15, -0.1) is 0 Å². The summed E-state index contributed by atoms with van der Waals surface area (Å²) in [5, 5.41) is 11.9. The predicted octanol–water partition coefficient (Wildman–Crippen LogP) is 5.22. The number of carbonyl (C=O) groups is 1. The molecule has 3 aliphatic rings. The van der Waals surface area contributed by atoms with Crippen molar-refractivity contribution in [1.29, 1.82) is 5.41 Å². The van der Waals surface area contributed by atoms with Crippen molar-refractivity contribution >= 4 is 11.9 Å². The van der Waals surface area contributed by atoms with Crippen LogP contribution in [0.2, 0.25) is 0 Å². The zero-order valence-electron chi connectivity index (χ0n) is 17.0. The van der Waals surface area contributed by atoms with Gasteiger partial charge in [0.25, 0.3) is 5.91 Å². The van der Waals surface area contributed by atoms with Crippen LogP contribution in [0.5, 0.6) is 0 Å². The predicted molar refractivity (Wildman–Crippen MR) is 110 cm³/mol. The van der Waals surface area contributed by atoms with Crippen LogP contribution < -0.4 is 5.32 Å². The largest absolute Gasteiger partial charge is 0.467 e. The lowest BCUT2D eigenvalue weighted by Crippen LogP contribution is -2.49. The van der Waals surface area contributed by atoms with Crippen LogP contribution in [-0.4, -0.2) is 22.3 Å². The Morgan fingerprint density at radius 2 is 1.75 bits per heavy atom. The fraction of sp³-hybridized carbons (Fsp3) is 0.739. The number of guanidine groups is 1. The van der Waals surface area contributed by atoms with Crippen LogP contribution in [0.15, 0.2) is 22.8 Å². The highest BCUT2D eigenvalue weighted by Crippen LogP contribution is 2.38. The molecule has 2 heterocycles. The Morgan fingerprint density at radius 1 is 1.07 bits per heavy atom. The zero-order valence-corrected chi connectivity index (χ0v) is 17.0. The van der Waals surface area contributed by atoms with Crippen molar-refractivity contribution < 1.29 is 9.21 Å². The van der Waals surface area contributed by atoms with Crippen LogP contribution in [0.1, 0.15) is 89.2 Å². The van der Waals surface area contributed by atoms with E-state index in [-0.39, 0.29) is 11.9 Å². The number of furan rings is 1. The number of nitrogens with zero attached hydrogens (tertiary/aromatic N) is 1. The molecule has 0 aromatic carbocycles. The lowest BCUT2D eigenvalue weighted by Gasteiger charge is -2.34. The normalized spacial score (nSPS) is 27.4. The molecule has 1 aliphatic heterocycles. The van der Waals surface area contributed by atoms with Gasteiger partial charge in [0.05, 0.1) is 12.8 Å². The molecule has 1 saturated heterocycles. The molecule has 2 N–H and O–H groups in total. The number of hydrogen-bond acceptors (Lipinski definition) is 3. The number of rotatable bonds is 7. The molecule has 1 atom stereocenters. The van der Waals surface area contributed by atoms with Gasteiger partial charge in [-0.3, -0.25) is 15.1 Å². The average Bonchev–Trinajstić information content (AvgIpc) is 3.31. The van der Waals surface area contributed by atoms with Crippen molar-refractivity contribution in [3.05, 3.63) is 24.2 Å². The minimum absolute atomic E-state index is 0.0929. The summed E-state index contributed by atoms with van der Waals surface area (Å²) in [7, 11) is 0. The van der Waals surface area contributed by atoms with Crippen LogP contribution in [0.25, 0.3) is 0 Å². The maximum atomic E-state index is 13.6. The third kappa shape index (κ3) is 4.28. The molecule has 0 bridgehead atoms. The Bertz CT molecular complexity index is 659. The second-order valence-electron chi connectivity index (χ2n) is 9.28. The monoisotopic (exact) mass is 385 g/mol. The standard InChI is InChI=1S/C23H35N3O2/c24-22-25-23(16-19-10-5-2-6-11-19,14-13-18-8-3-1-4-9-18)21(27)26(22)17-20-12-7-15-28-20/h7,12,15,18-19H,1-6,8-11,13-14,16-17H2,(H2,24,25)/t23-/m1/s1. The van der Waals surface area contributed by atoms with Crippen molar-refractivity contribution in [3.63, 3.8) is 0 Å². The van der Waals surface area contributed by atoms with E-state index in [1.165, 1.54) is 64.2 Å². The third-order valence-corrected chi connectivity index (χ3v) is 7.24. The molecule has 3 fully saturated rings. The highest BCUT2D eigenvalue weighted by atomic mass is 16.3. The Morgan fingerprint density at radius 3 is 2.39 bits per heavy atom. The molecule has 0 radical (unpaired) electrons. The molecule has 0 spiro atoms. The van der Waals surface area contributed by atoms with Gasteiger partial charge < -0.3 is 9.73 Å². The first-order valence-corrected chi connectivity index (χ1v) is 11.4. The van der Waals surface area contributed by atoms with E-state index < -0.39 is 5.54 Å². The van der Waals surface area contributed by atoms with E-state index >= 15 is 0 Å². The van der Waals surface area contributed by atoms with Gasteiger partial charge in [-0.25, -0.2) is 0 Å². The average molecular weight is 386 g/mol. The van der Waals surface area contributed by atoms with Crippen molar-refractivity contribution in [2.24, 2.45) is 11.8 Å². The quantitative estimate of drug-likeness (QED) is 0.676. The Hall–Kier alpha value is -1.78. The number of hydrogen-bond donors (Lipinski definition) is 2. The van der Waals surface area contributed by atoms with Crippen molar-refractivity contribution in [2.45, 2.75) is 95.6 Å². The van der Waals surface area contributed by atoms with E-state index in [4.69, 9.17) is 9.83 Å². The summed E-state index contributed by atoms with van der Waals surface area (Å²) in [5.41, 5.74) is -0.580.